The summed E-state index contributed by atoms with van der Waals surface area (Å²) in [4.78, 5) is 12.7. The van der Waals surface area contributed by atoms with Crippen molar-refractivity contribution in [3.8, 4) is 5.75 Å². The number of phenolic OH excluding ortho intramolecular Hbond substituents is 1. The highest BCUT2D eigenvalue weighted by molar-refractivity contribution is 5.98. The molecule has 3 nitrogen and oxygen atoms in total. The van der Waals surface area contributed by atoms with Gasteiger partial charge in [-0.3, -0.25) is 4.79 Å². The molecule has 1 aromatic carbocycles. The van der Waals surface area contributed by atoms with Crippen LogP contribution in [0.25, 0.3) is 5.70 Å². The van der Waals surface area contributed by atoms with Crippen molar-refractivity contribution in [2.75, 3.05) is 0 Å². The van der Waals surface area contributed by atoms with E-state index in [4.69, 9.17) is 0 Å². The van der Waals surface area contributed by atoms with Crippen molar-refractivity contribution < 1.29 is 9.90 Å². The number of nitrogens with one attached hydrogen (secondary N) is 1. The Hall–Kier alpha value is -1.77. The fourth-order valence-electron chi connectivity index (χ4n) is 3.88. The molecule has 1 heterocycles. The van der Waals surface area contributed by atoms with Crippen molar-refractivity contribution in [3.63, 3.8) is 0 Å². The summed E-state index contributed by atoms with van der Waals surface area (Å²) in [6, 6.07) is 5.43. The van der Waals surface area contributed by atoms with Crippen LogP contribution in [-0.4, -0.2) is 16.4 Å². The minimum atomic E-state index is -0.115. The topological polar surface area (TPSA) is 49.3 Å². The van der Waals surface area contributed by atoms with Crippen LogP contribution in [0.5, 0.6) is 5.75 Å². The summed E-state index contributed by atoms with van der Waals surface area (Å²) in [6.45, 7) is 4.26. The van der Waals surface area contributed by atoms with Gasteiger partial charge < -0.3 is 10.4 Å². The molecule has 0 bridgehead atoms. The summed E-state index contributed by atoms with van der Waals surface area (Å²) in [7, 11) is 0. The van der Waals surface area contributed by atoms with E-state index in [1.165, 1.54) is 25.7 Å². The highest BCUT2D eigenvalue weighted by atomic mass is 16.3. The van der Waals surface area contributed by atoms with Gasteiger partial charge in [-0.2, -0.15) is 0 Å². The van der Waals surface area contributed by atoms with Crippen LogP contribution in [0, 0.1) is 5.92 Å². The van der Waals surface area contributed by atoms with Gasteiger partial charge in [-0.1, -0.05) is 25.7 Å². The van der Waals surface area contributed by atoms with Gasteiger partial charge in [0.25, 0.3) is 0 Å². The number of aromatic hydroxyl groups is 1. The maximum atomic E-state index is 12.7. The third-order valence-electron chi connectivity index (χ3n) is 5.03. The molecular formula is C20H27NO2. The lowest BCUT2D eigenvalue weighted by Crippen LogP contribution is -2.44. The average molecular weight is 313 g/mol. The van der Waals surface area contributed by atoms with Crippen LogP contribution < -0.4 is 5.32 Å². The molecule has 0 aromatic heterocycles. The van der Waals surface area contributed by atoms with Crippen molar-refractivity contribution in [1.29, 1.82) is 0 Å². The van der Waals surface area contributed by atoms with Crippen molar-refractivity contribution in [1.82, 2.24) is 5.32 Å². The lowest BCUT2D eigenvalue weighted by atomic mass is 9.84. The largest absolute Gasteiger partial charge is 0.508 e. The molecule has 1 fully saturated rings. The second-order valence-electron chi connectivity index (χ2n) is 7.68. The van der Waals surface area contributed by atoms with E-state index in [0.717, 1.165) is 36.1 Å². The Morgan fingerprint density at radius 2 is 1.91 bits per heavy atom. The Labute approximate surface area is 138 Å². The van der Waals surface area contributed by atoms with E-state index in [2.05, 4.69) is 19.2 Å². The minimum Gasteiger partial charge on any atom is -0.508 e. The van der Waals surface area contributed by atoms with Crippen LogP contribution in [0.3, 0.4) is 0 Å². The number of hydrogen-bond acceptors (Lipinski definition) is 3. The minimum absolute atomic E-state index is 0.115. The van der Waals surface area contributed by atoms with E-state index in [0.29, 0.717) is 0 Å². The van der Waals surface area contributed by atoms with Crippen molar-refractivity contribution in [3.05, 3.63) is 35.4 Å². The molecule has 0 saturated heterocycles. The smallest absolute Gasteiger partial charge is 0.160 e. The monoisotopic (exact) mass is 313 g/mol. The molecule has 3 heteroatoms. The molecule has 1 aliphatic carbocycles. The molecule has 2 aliphatic rings. The molecular weight excluding hydrogens is 286 g/mol. The number of phenols is 1. The Morgan fingerprint density at radius 3 is 2.61 bits per heavy atom. The van der Waals surface area contributed by atoms with E-state index in [1.54, 1.807) is 6.07 Å². The number of carbonyl (C=O) groups excluding carboxylic acids is 1. The van der Waals surface area contributed by atoms with Gasteiger partial charge in [0.05, 0.1) is 0 Å². The summed E-state index contributed by atoms with van der Waals surface area (Å²) < 4.78 is 0. The summed E-state index contributed by atoms with van der Waals surface area (Å²) >= 11 is 0. The molecule has 2 N–H and O–H groups in total. The second kappa shape index (κ2) is 6.38. The molecule has 23 heavy (non-hydrogen) atoms. The van der Waals surface area contributed by atoms with E-state index in [-0.39, 0.29) is 23.0 Å². The van der Waals surface area contributed by atoms with Gasteiger partial charge in [-0.25, -0.2) is 0 Å². The number of carbonyl (C=O) groups is 1. The first kappa shape index (κ1) is 16.1. The Balaban J connectivity index is 1.90. The second-order valence-corrected chi connectivity index (χ2v) is 7.68. The van der Waals surface area contributed by atoms with Crippen LogP contribution >= 0.6 is 0 Å². The summed E-state index contributed by atoms with van der Waals surface area (Å²) in [5.41, 5.74) is 2.94. The van der Waals surface area contributed by atoms with Crippen LogP contribution in [0.4, 0.5) is 0 Å². The molecule has 3 rings (SSSR count). The maximum absolute atomic E-state index is 12.7. The highest BCUT2D eigenvalue weighted by Crippen LogP contribution is 2.33. The summed E-state index contributed by atoms with van der Waals surface area (Å²) in [5, 5.41) is 13.3. The molecule has 0 amide bonds. The predicted molar refractivity (Wildman–Crippen MR) is 93.2 cm³/mol. The number of allylic oxidation sites excluding steroid dienone is 1. The summed E-state index contributed by atoms with van der Waals surface area (Å²) in [6.07, 6.45) is 9.55. The third kappa shape index (κ3) is 3.77. The molecule has 1 aromatic rings. The summed E-state index contributed by atoms with van der Waals surface area (Å²) in [5.74, 6) is 0.722. The van der Waals surface area contributed by atoms with Gasteiger partial charge in [-0.15, -0.1) is 0 Å². The van der Waals surface area contributed by atoms with E-state index >= 15 is 0 Å². The predicted octanol–water partition coefficient (Wildman–Crippen LogP) is 4.20. The first-order chi connectivity index (χ1) is 10.9. The number of rotatable bonds is 2. The van der Waals surface area contributed by atoms with Crippen molar-refractivity contribution >= 4 is 11.5 Å². The molecule has 0 unspecified atom stereocenters. The average Bonchev–Trinajstić information content (AvgIpc) is 2.74. The Kier molecular flexibility index (Phi) is 4.47. The zero-order chi connectivity index (χ0) is 16.4. The number of hydrogen-bond donors (Lipinski definition) is 2. The fourth-order valence-corrected chi connectivity index (χ4v) is 3.88. The van der Waals surface area contributed by atoms with Gasteiger partial charge in [-0.05, 0) is 56.9 Å². The normalized spacial score (nSPS) is 23.0. The van der Waals surface area contributed by atoms with Crippen molar-refractivity contribution in [2.45, 2.75) is 64.3 Å². The lowest BCUT2D eigenvalue weighted by molar-refractivity contribution is -0.118. The van der Waals surface area contributed by atoms with Gasteiger partial charge in [0, 0.05) is 28.8 Å². The number of fused-ring (bicyclic) bond motifs is 1. The van der Waals surface area contributed by atoms with E-state index in [1.807, 2.05) is 18.2 Å². The van der Waals surface area contributed by atoms with Crippen molar-refractivity contribution in [2.24, 2.45) is 5.92 Å². The van der Waals surface area contributed by atoms with Gasteiger partial charge in [0.15, 0.2) is 5.78 Å². The first-order valence-corrected chi connectivity index (χ1v) is 8.81. The SMILES string of the molecule is CC1(C)Cc2cc(O)ccc2/C(=C/C(=O)C2CCCCCC2)N1. The first-order valence-electron chi connectivity index (χ1n) is 8.81. The van der Waals surface area contributed by atoms with Gasteiger partial charge >= 0.3 is 0 Å². The third-order valence-corrected chi connectivity index (χ3v) is 5.03. The Bertz CT molecular complexity index is 623. The molecule has 0 radical (unpaired) electrons. The lowest BCUT2D eigenvalue weighted by Gasteiger charge is -2.35. The molecule has 0 atom stereocenters. The number of benzene rings is 1. The zero-order valence-corrected chi connectivity index (χ0v) is 14.2. The quantitative estimate of drug-likeness (QED) is 0.635. The van der Waals surface area contributed by atoms with Crippen LogP contribution in [0.1, 0.15) is 63.5 Å². The fraction of sp³-hybridized carbons (Fsp3) is 0.550. The van der Waals surface area contributed by atoms with Crippen LogP contribution in [-0.2, 0) is 11.2 Å². The van der Waals surface area contributed by atoms with Gasteiger partial charge in [0.1, 0.15) is 5.75 Å². The molecule has 1 aliphatic heterocycles. The van der Waals surface area contributed by atoms with Gasteiger partial charge in [0.2, 0.25) is 0 Å². The molecule has 124 valence electrons. The molecule has 1 saturated carbocycles. The van der Waals surface area contributed by atoms with E-state index < -0.39 is 0 Å². The van der Waals surface area contributed by atoms with Crippen LogP contribution in [0.2, 0.25) is 0 Å². The maximum Gasteiger partial charge on any atom is 0.160 e. The number of ketones is 1. The van der Waals surface area contributed by atoms with E-state index in [9.17, 15) is 9.90 Å². The standard InChI is InChI=1S/C20H27NO2/c1-20(2)13-15-11-16(22)9-10-17(15)18(21-20)12-19(23)14-7-5-3-4-6-8-14/h9-12,14,21-22H,3-8,13H2,1-2H3/b18-12-. The zero-order valence-electron chi connectivity index (χ0n) is 14.2. The highest BCUT2D eigenvalue weighted by Gasteiger charge is 2.29. The Morgan fingerprint density at radius 1 is 1.22 bits per heavy atom. The molecule has 0 spiro atoms. The van der Waals surface area contributed by atoms with Crippen LogP contribution in [0.15, 0.2) is 24.3 Å².